The zero-order valence-corrected chi connectivity index (χ0v) is 15.1. The Morgan fingerprint density at radius 3 is 2.09 bits per heavy atom. The summed E-state index contributed by atoms with van der Waals surface area (Å²) in [6.45, 7) is 13.4. The van der Waals surface area contributed by atoms with Crippen LogP contribution in [-0.4, -0.2) is 23.6 Å². The molecule has 0 saturated heterocycles. The quantitative estimate of drug-likeness (QED) is 0.764. The lowest BCUT2D eigenvalue weighted by atomic mass is 9.85. The maximum atomic E-state index is 11.6. The zero-order valence-electron chi connectivity index (χ0n) is 15.1. The van der Waals surface area contributed by atoms with Crippen LogP contribution in [0, 0.1) is 10.8 Å². The maximum Gasteiger partial charge on any atom is 0.407 e. The normalized spacial score (nSPS) is 20.3. The fraction of sp³-hybridized carbons (Fsp3) is 0.875. The van der Waals surface area contributed by atoms with E-state index in [1.54, 1.807) is 20.8 Å². The van der Waals surface area contributed by atoms with E-state index in [0.29, 0.717) is 12.8 Å². The molecular formula is C16H32N2O4. The molecule has 22 heavy (non-hydrogen) atoms. The van der Waals surface area contributed by atoms with Crippen molar-refractivity contribution < 1.29 is 14.3 Å². The van der Waals surface area contributed by atoms with Gasteiger partial charge in [0.05, 0.1) is 0 Å². The van der Waals surface area contributed by atoms with E-state index in [0.717, 1.165) is 12.8 Å². The number of nitrogens with one attached hydrogen (secondary N) is 1. The number of nitroso groups, excluding NO2 is 1. The number of hydrogen-bond donors (Lipinski definition) is 1. The number of alkyl carbamates (subject to hydrolysis) is 1. The molecule has 0 heterocycles. The van der Waals surface area contributed by atoms with Gasteiger partial charge in [-0.1, -0.05) is 34.1 Å². The van der Waals surface area contributed by atoms with Gasteiger partial charge in [-0.3, -0.25) is 4.79 Å². The van der Waals surface area contributed by atoms with E-state index >= 15 is 0 Å². The maximum absolute atomic E-state index is 11.6. The molecule has 0 aromatic carbocycles. The number of nitrogens with zero attached hydrogens (tertiary/aromatic N) is 1. The second-order valence-corrected chi connectivity index (χ2v) is 5.64. The van der Waals surface area contributed by atoms with Crippen LogP contribution < -0.4 is 5.32 Å². The molecule has 1 N–H and O–H groups in total. The van der Waals surface area contributed by atoms with Crippen LogP contribution in [0.3, 0.4) is 0 Å². The summed E-state index contributed by atoms with van der Waals surface area (Å²) in [4.78, 5) is 33.0. The van der Waals surface area contributed by atoms with Crippen molar-refractivity contribution in [3.05, 3.63) is 4.91 Å². The van der Waals surface area contributed by atoms with Crippen LogP contribution >= 0.6 is 0 Å². The molecule has 2 amide bonds. The van der Waals surface area contributed by atoms with E-state index in [1.165, 1.54) is 0 Å². The summed E-state index contributed by atoms with van der Waals surface area (Å²) < 4.78 is 5.14. The number of carbonyl (C=O) groups excluding carboxylic acids is 2. The lowest BCUT2D eigenvalue weighted by Gasteiger charge is -2.28. The Morgan fingerprint density at radius 2 is 1.64 bits per heavy atom. The van der Waals surface area contributed by atoms with Crippen molar-refractivity contribution in [2.75, 3.05) is 0 Å². The molecule has 0 spiro atoms. The number of carbonyl (C=O) groups is 2. The largest absolute Gasteiger partial charge is 0.444 e. The predicted octanol–water partition coefficient (Wildman–Crippen LogP) is 4.42. The van der Waals surface area contributed by atoms with E-state index in [4.69, 9.17) is 4.74 Å². The van der Waals surface area contributed by atoms with Crippen molar-refractivity contribution in [3.63, 3.8) is 0 Å². The van der Waals surface area contributed by atoms with Crippen LogP contribution in [0.4, 0.5) is 4.79 Å². The second kappa shape index (κ2) is 12.1. The molecular weight excluding hydrogens is 284 g/mol. The minimum atomic E-state index is -0.620. The molecule has 0 aromatic rings. The highest BCUT2D eigenvalue weighted by molar-refractivity contribution is 5.79. The highest BCUT2D eigenvalue weighted by Crippen LogP contribution is 2.25. The van der Waals surface area contributed by atoms with Gasteiger partial charge in [-0.15, -0.1) is 4.91 Å². The standard InChI is InChI=1S/C12H20N2O4.2C2H6/c1-12(2,3)18-11(16)13-9-6-4-5-8(7-9)10(15)14-17;2*1-2/h8-9H,4-7H2,1-3H3,(H,13,16);2*1-2H3. The van der Waals surface area contributed by atoms with E-state index in [2.05, 4.69) is 10.5 Å². The monoisotopic (exact) mass is 316 g/mol. The van der Waals surface area contributed by atoms with Crippen molar-refractivity contribution in [3.8, 4) is 0 Å². The number of hydrogen-bond acceptors (Lipinski definition) is 4. The van der Waals surface area contributed by atoms with Gasteiger partial charge in [-0.25, -0.2) is 4.79 Å². The summed E-state index contributed by atoms with van der Waals surface area (Å²) in [5.74, 6) is -0.984. The summed E-state index contributed by atoms with van der Waals surface area (Å²) in [6.07, 6.45) is 2.23. The third-order valence-corrected chi connectivity index (χ3v) is 2.83. The Morgan fingerprint density at radius 1 is 1.09 bits per heavy atom. The fourth-order valence-electron chi connectivity index (χ4n) is 2.09. The molecule has 0 aliphatic heterocycles. The van der Waals surface area contributed by atoms with Crippen molar-refractivity contribution in [2.45, 2.75) is 85.8 Å². The third-order valence-electron chi connectivity index (χ3n) is 2.83. The molecule has 2 unspecified atom stereocenters. The van der Waals surface area contributed by atoms with Crippen LogP contribution in [0.1, 0.15) is 74.1 Å². The minimum absolute atomic E-state index is 0.121. The predicted molar refractivity (Wildman–Crippen MR) is 88.6 cm³/mol. The molecule has 1 fully saturated rings. The van der Waals surface area contributed by atoms with Crippen LogP contribution in [0.25, 0.3) is 0 Å². The lowest BCUT2D eigenvalue weighted by molar-refractivity contribution is -0.122. The average molecular weight is 316 g/mol. The summed E-state index contributed by atoms with van der Waals surface area (Å²) in [5.41, 5.74) is -0.543. The molecule has 6 heteroatoms. The van der Waals surface area contributed by atoms with Crippen molar-refractivity contribution in [1.29, 1.82) is 0 Å². The van der Waals surface area contributed by atoms with Crippen molar-refractivity contribution >= 4 is 12.0 Å². The molecule has 6 nitrogen and oxygen atoms in total. The molecule has 2 atom stereocenters. The summed E-state index contributed by atoms with van der Waals surface area (Å²) in [5, 5.41) is 5.18. The SMILES string of the molecule is CC.CC.CC(C)(C)OC(=O)NC1CCCC(C(=O)N=O)C1. The first-order valence-electron chi connectivity index (χ1n) is 8.18. The molecule has 130 valence electrons. The lowest BCUT2D eigenvalue weighted by Crippen LogP contribution is -2.42. The van der Waals surface area contributed by atoms with Crippen LogP contribution in [-0.2, 0) is 9.53 Å². The van der Waals surface area contributed by atoms with Gasteiger partial charge < -0.3 is 10.1 Å². The van der Waals surface area contributed by atoms with Gasteiger partial charge in [0.25, 0.3) is 5.91 Å². The van der Waals surface area contributed by atoms with Gasteiger partial charge in [0, 0.05) is 17.1 Å². The Kier molecular flexibility index (Phi) is 12.6. The minimum Gasteiger partial charge on any atom is -0.444 e. The van der Waals surface area contributed by atoms with E-state index < -0.39 is 17.6 Å². The molecule has 1 aliphatic carbocycles. The van der Waals surface area contributed by atoms with Gasteiger partial charge in [0.15, 0.2) is 0 Å². The van der Waals surface area contributed by atoms with E-state index in [1.807, 2.05) is 27.7 Å². The second-order valence-electron chi connectivity index (χ2n) is 5.64. The number of amides is 2. The van der Waals surface area contributed by atoms with Gasteiger partial charge in [-0.05, 0) is 40.0 Å². The topological polar surface area (TPSA) is 84.8 Å². The highest BCUT2D eigenvalue weighted by Gasteiger charge is 2.29. The summed E-state index contributed by atoms with van der Waals surface area (Å²) in [6, 6.07) is -0.121. The van der Waals surface area contributed by atoms with Crippen LogP contribution in [0.5, 0.6) is 0 Å². The third kappa shape index (κ3) is 10.3. The molecule has 1 rings (SSSR count). The van der Waals surface area contributed by atoms with Crippen molar-refractivity contribution in [1.82, 2.24) is 5.32 Å². The van der Waals surface area contributed by atoms with Crippen LogP contribution in [0.2, 0.25) is 0 Å². The first-order valence-corrected chi connectivity index (χ1v) is 8.18. The molecule has 0 bridgehead atoms. The van der Waals surface area contributed by atoms with E-state index in [9.17, 15) is 14.5 Å². The number of ether oxygens (including phenoxy) is 1. The first-order chi connectivity index (χ1) is 10.3. The smallest absolute Gasteiger partial charge is 0.407 e. The van der Waals surface area contributed by atoms with E-state index in [-0.39, 0.29) is 12.0 Å². The summed E-state index contributed by atoms with van der Waals surface area (Å²) >= 11 is 0. The van der Waals surface area contributed by atoms with Gasteiger partial charge in [0.2, 0.25) is 0 Å². The molecule has 1 saturated carbocycles. The number of rotatable bonds is 2. The molecule has 0 aromatic heterocycles. The zero-order chi connectivity index (χ0) is 17.8. The molecule has 0 radical (unpaired) electrons. The Bertz CT molecular complexity index is 338. The van der Waals surface area contributed by atoms with Gasteiger partial charge in [0.1, 0.15) is 5.60 Å². The van der Waals surface area contributed by atoms with Crippen LogP contribution in [0.15, 0.2) is 5.18 Å². The first kappa shape index (κ1) is 22.8. The van der Waals surface area contributed by atoms with Gasteiger partial charge in [-0.2, -0.15) is 0 Å². The van der Waals surface area contributed by atoms with Gasteiger partial charge >= 0.3 is 6.09 Å². The van der Waals surface area contributed by atoms with Crippen molar-refractivity contribution in [2.24, 2.45) is 11.1 Å². The average Bonchev–Trinajstić information content (AvgIpc) is 2.48. The Hall–Kier alpha value is -1.46. The Labute approximate surface area is 134 Å². The fourth-order valence-corrected chi connectivity index (χ4v) is 2.09. The highest BCUT2D eigenvalue weighted by atomic mass is 16.6. The Balaban J connectivity index is 0. The molecule has 1 aliphatic rings. The summed E-state index contributed by atoms with van der Waals surface area (Å²) in [7, 11) is 0.